The molecule has 0 aliphatic heterocycles. The van der Waals surface area contributed by atoms with Gasteiger partial charge >= 0.3 is 23.0 Å². The number of aromatic nitrogens is 3. The number of hydrogen-bond acceptors (Lipinski definition) is 9. The summed E-state index contributed by atoms with van der Waals surface area (Å²) in [6, 6.07) is 0. The van der Waals surface area contributed by atoms with Crippen LogP contribution in [0.2, 0.25) is 0 Å². The minimum atomic E-state index is -1.28. The maximum Gasteiger partial charge on any atom is 0.333 e. The minimum absolute atomic E-state index is 0.00883. The number of H-pyrrole nitrogens is 2. The summed E-state index contributed by atoms with van der Waals surface area (Å²) in [5, 5.41) is 8.53. The number of nitrogens with one attached hydrogen (secondary N) is 2. The zero-order valence-electron chi connectivity index (χ0n) is 14.0. The first-order valence-electron chi connectivity index (χ1n) is 7.62. The number of hydrogen-bond donors (Lipinski definition) is 3. The summed E-state index contributed by atoms with van der Waals surface area (Å²) in [4.78, 5) is 49.5. The number of ether oxygens (including phenoxy) is 4. The molecule has 1 heterocycles. The van der Waals surface area contributed by atoms with Crippen LogP contribution >= 0.6 is 0 Å². The summed E-state index contributed by atoms with van der Waals surface area (Å²) in [7, 11) is 0. The topological polar surface area (TPSA) is 162 Å². The number of aliphatic hydroxyl groups excluding tert-OH is 1. The van der Waals surface area contributed by atoms with Gasteiger partial charge in [-0.15, -0.1) is 0 Å². The average Bonchev–Trinajstić information content (AvgIpc) is 2.59. The Morgan fingerprint density at radius 3 is 2.23 bits per heavy atom. The molecule has 1 atom stereocenters. The Balaban J connectivity index is 2.56. The first-order chi connectivity index (χ1) is 12.5. The fourth-order valence-corrected chi connectivity index (χ4v) is 1.69. The highest BCUT2D eigenvalue weighted by molar-refractivity contribution is 5.81. The van der Waals surface area contributed by atoms with Crippen LogP contribution in [0.25, 0.3) is 0 Å². The van der Waals surface area contributed by atoms with Gasteiger partial charge in [0.25, 0.3) is 0 Å². The van der Waals surface area contributed by atoms with Crippen molar-refractivity contribution < 1.29 is 28.8 Å². The Bertz CT molecular complexity index is 702. The molecule has 12 heteroatoms. The van der Waals surface area contributed by atoms with Crippen LogP contribution in [0.3, 0.4) is 0 Å². The van der Waals surface area contributed by atoms with Gasteiger partial charge in [-0.1, -0.05) is 6.58 Å². The Hall–Kier alpha value is -2.54. The molecule has 1 aromatic heterocycles. The van der Waals surface area contributed by atoms with E-state index in [-0.39, 0.29) is 39.6 Å². The van der Waals surface area contributed by atoms with E-state index in [2.05, 4.69) is 6.58 Å². The lowest BCUT2D eigenvalue weighted by atomic mass is 10.5. The third-order valence-electron chi connectivity index (χ3n) is 2.82. The van der Waals surface area contributed by atoms with Crippen LogP contribution < -0.4 is 17.1 Å². The fraction of sp³-hybridized carbons (Fsp3) is 0.571. The molecule has 0 amide bonds. The van der Waals surface area contributed by atoms with Crippen molar-refractivity contribution in [2.24, 2.45) is 0 Å². The van der Waals surface area contributed by atoms with E-state index in [1.165, 1.54) is 0 Å². The van der Waals surface area contributed by atoms with Gasteiger partial charge in [-0.2, -0.15) is 0 Å². The van der Waals surface area contributed by atoms with E-state index in [0.717, 1.165) is 6.08 Å². The van der Waals surface area contributed by atoms with Crippen molar-refractivity contribution in [2.75, 3.05) is 39.6 Å². The predicted molar refractivity (Wildman–Crippen MR) is 86.7 cm³/mol. The Labute approximate surface area is 147 Å². The van der Waals surface area contributed by atoms with Crippen molar-refractivity contribution in [1.29, 1.82) is 0 Å². The molecule has 0 aliphatic carbocycles. The molecule has 0 aliphatic rings. The lowest BCUT2D eigenvalue weighted by Gasteiger charge is -2.18. The summed E-state index contributed by atoms with van der Waals surface area (Å²) in [6.45, 7) is 3.60. The van der Waals surface area contributed by atoms with Gasteiger partial charge in [0.2, 0.25) is 6.29 Å². The summed E-state index contributed by atoms with van der Waals surface area (Å²) in [5.74, 6) is -0.817. The highest BCUT2D eigenvalue weighted by atomic mass is 16.7. The summed E-state index contributed by atoms with van der Waals surface area (Å²) in [6.07, 6.45) is -0.384. The number of aliphatic hydroxyl groups is 1. The van der Waals surface area contributed by atoms with Gasteiger partial charge in [0.15, 0.2) is 0 Å². The maximum absolute atomic E-state index is 11.7. The number of rotatable bonds is 13. The molecule has 12 nitrogen and oxygen atoms in total. The van der Waals surface area contributed by atoms with Gasteiger partial charge in [-0.25, -0.2) is 23.7 Å². The molecule has 1 rings (SSSR count). The average molecular weight is 375 g/mol. The quantitative estimate of drug-likeness (QED) is 0.144. The maximum atomic E-state index is 11.7. The van der Waals surface area contributed by atoms with Crippen molar-refractivity contribution >= 4 is 5.97 Å². The number of nitrogens with zero attached hydrogens (tertiary/aromatic N) is 1. The fourth-order valence-electron chi connectivity index (χ4n) is 1.69. The van der Waals surface area contributed by atoms with Gasteiger partial charge in [-0.3, -0.25) is 9.97 Å². The predicted octanol–water partition coefficient (Wildman–Crippen LogP) is -2.68. The van der Waals surface area contributed by atoms with E-state index >= 15 is 0 Å². The SMILES string of the molecule is C=CC(=O)OC(Cn1c(=O)[nH]c(=O)[nH]c1=O)OCCOCCOCCO. The lowest BCUT2D eigenvalue weighted by Crippen LogP contribution is -2.46. The van der Waals surface area contributed by atoms with Gasteiger partial charge < -0.3 is 24.1 Å². The molecule has 0 bridgehead atoms. The zero-order valence-corrected chi connectivity index (χ0v) is 14.0. The van der Waals surface area contributed by atoms with Crippen molar-refractivity contribution in [2.45, 2.75) is 12.8 Å². The van der Waals surface area contributed by atoms with Crippen LogP contribution in [0.1, 0.15) is 0 Å². The normalized spacial score (nSPS) is 11.9. The molecular weight excluding hydrogens is 354 g/mol. The smallest absolute Gasteiger partial charge is 0.333 e. The third kappa shape index (κ3) is 8.02. The first kappa shape index (κ1) is 21.5. The molecule has 3 N–H and O–H groups in total. The van der Waals surface area contributed by atoms with Gasteiger partial charge in [-0.05, 0) is 0 Å². The van der Waals surface area contributed by atoms with E-state index in [9.17, 15) is 19.2 Å². The Morgan fingerprint density at radius 1 is 1.08 bits per heavy atom. The summed E-state index contributed by atoms with van der Waals surface area (Å²) >= 11 is 0. The van der Waals surface area contributed by atoms with Gasteiger partial charge in [0, 0.05) is 6.08 Å². The molecule has 0 aromatic carbocycles. The molecule has 146 valence electrons. The second-order valence-corrected chi connectivity index (χ2v) is 4.69. The zero-order chi connectivity index (χ0) is 19.4. The number of carbonyl (C=O) groups excluding carboxylic acids is 1. The van der Waals surface area contributed by atoms with Gasteiger partial charge in [0.1, 0.15) is 0 Å². The number of aromatic amines is 2. The van der Waals surface area contributed by atoms with Crippen molar-refractivity contribution in [3.05, 3.63) is 44.1 Å². The molecular formula is C14H21N3O9. The monoisotopic (exact) mass is 375 g/mol. The van der Waals surface area contributed by atoms with Crippen LogP contribution in [0.5, 0.6) is 0 Å². The van der Waals surface area contributed by atoms with Crippen LogP contribution in [0, 0.1) is 0 Å². The lowest BCUT2D eigenvalue weighted by molar-refractivity contribution is -0.179. The van der Waals surface area contributed by atoms with E-state index in [0.29, 0.717) is 4.57 Å². The number of esters is 1. The Kier molecular flexibility index (Phi) is 9.86. The van der Waals surface area contributed by atoms with Crippen LogP contribution in [-0.2, 0) is 30.3 Å². The summed E-state index contributed by atoms with van der Waals surface area (Å²) < 4.78 is 21.0. The van der Waals surface area contributed by atoms with E-state index in [4.69, 9.17) is 24.1 Å². The van der Waals surface area contributed by atoms with Crippen molar-refractivity contribution in [3.8, 4) is 0 Å². The Morgan fingerprint density at radius 2 is 1.65 bits per heavy atom. The molecule has 0 spiro atoms. The standard InChI is InChI=1S/C14H21N3O9/c1-2-10(19)26-11(25-8-7-24-6-5-23-4-3-18)9-17-13(21)15-12(20)16-14(17)22/h2,11,18H,1,3-9H2,(H2,15,16,20,21,22). The molecule has 0 saturated heterocycles. The van der Waals surface area contributed by atoms with E-state index in [1.54, 1.807) is 0 Å². The van der Waals surface area contributed by atoms with Crippen molar-refractivity contribution in [1.82, 2.24) is 14.5 Å². The molecule has 26 heavy (non-hydrogen) atoms. The largest absolute Gasteiger partial charge is 0.431 e. The second-order valence-electron chi connectivity index (χ2n) is 4.69. The van der Waals surface area contributed by atoms with Crippen LogP contribution in [0.4, 0.5) is 0 Å². The third-order valence-corrected chi connectivity index (χ3v) is 2.82. The highest BCUT2D eigenvalue weighted by Gasteiger charge is 2.17. The van der Waals surface area contributed by atoms with E-state index in [1.807, 2.05) is 9.97 Å². The molecule has 0 saturated carbocycles. The molecule has 1 unspecified atom stereocenters. The number of carbonyl (C=O) groups is 1. The second kappa shape index (κ2) is 11.9. The van der Waals surface area contributed by atoms with Crippen LogP contribution in [0.15, 0.2) is 27.0 Å². The van der Waals surface area contributed by atoms with Crippen molar-refractivity contribution in [3.63, 3.8) is 0 Å². The molecule has 1 aromatic rings. The van der Waals surface area contributed by atoms with Gasteiger partial charge in [0.05, 0.1) is 46.2 Å². The molecule has 0 fully saturated rings. The first-order valence-corrected chi connectivity index (χ1v) is 7.62. The minimum Gasteiger partial charge on any atom is -0.431 e. The van der Waals surface area contributed by atoms with Crippen LogP contribution in [-0.4, -0.2) is 71.5 Å². The van der Waals surface area contributed by atoms with E-state index < -0.39 is 35.9 Å². The highest BCUT2D eigenvalue weighted by Crippen LogP contribution is 1.99. The molecule has 0 radical (unpaired) electrons. The summed E-state index contributed by atoms with van der Waals surface area (Å²) in [5.41, 5.74) is -2.90.